The van der Waals surface area contributed by atoms with Crippen LogP contribution in [0.1, 0.15) is 22.6 Å². The monoisotopic (exact) mass is 260 g/mol. The number of hydrogen-bond acceptors (Lipinski definition) is 4. The first-order valence-electron chi connectivity index (χ1n) is 5.98. The predicted molar refractivity (Wildman–Crippen MR) is 71.8 cm³/mol. The lowest BCUT2D eigenvalue weighted by molar-refractivity contribution is -0.136. The number of rotatable bonds is 4. The lowest BCUT2D eigenvalue weighted by Gasteiger charge is -2.05. The summed E-state index contributed by atoms with van der Waals surface area (Å²) in [4.78, 5) is 14.8. The van der Waals surface area contributed by atoms with Crippen LogP contribution >= 0.6 is 0 Å². The molecule has 0 fully saturated rings. The number of oxazole rings is 1. The first-order chi connectivity index (χ1) is 8.95. The molecule has 0 unspecified atom stereocenters. The van der Waals surface area contributed by atoms with Gasteiger partial charge in [-0.05, 0) is 44.0 Å². The number of aliphatic carboxylic acids is 1. The van der Waals surface area contributed by atoms with Crippen LogP contribution in [0.4, 0.5) is 11.7 Å². The highest BCUT2D eigenvalue weighted by molar-refractivity contribution is 5.69. The number of nitrogens with zero attached hydrogens (tertiary/aromatic N) is 1. The van der Waals surface area contributed by atoms with Crippen LogP contribution in [0.2, 0.25) is 0 Å². The van der Waals surface area contributed by atoms with Gasteiger partial charge in [0.2, 0.25) is 0 Å². The van der Waals surface area contributed by atoms with E-state index in [0.29, 0.717) is 17.5 Å². The van der Waals surface area contributed by atoms with Gasteiger partial charge in [0, 0.05) is 5.69 Å². The maximum Gasteiger partial charge on any atom is 0.311 e. The number of nitrogens with one attached hydrogen (secondary N) is 1. The van der Waals surface area contributed by atoms with E-state index in [1.807, 2.05) is 32.0 Å². The van der Waals surface area contributed by atoms with Crippen molar-refractivity contribution < 1.29 is 14.3 Å². The van der Waals surface area contributed by atoms with E-state index in [4.69, 9.17) is 9.52 Å². The molecule has 0 saturated carbocycles. The second-order valence-electron chi connectivity index (χ2n) is 4.52. The van der Waals surface area contributed by atoms with Crippen LogP contribution in [0.3, 0.4) is 0 Å². The normalized spacial score (nSPS) is 10.5. The van der Waals surface area contributed by atoms with Gasteiger partial charge in [-0.15, -0.1) is 0 Å². The van der Waals surface area contributed by atoms with Crippen molar-refractivity contribution in [2.75, 3.05) is 5.32 Å². The molecule has 0 aliphatic heterocycles. The second-order valence-corrected chi connectivity index (χ2v) is 4.52. The molecular weight excluding hydrogens is 244 g/mol. The van der Waals surface area contributed by atoms with Crippen LogP contribution < -0.4 is 5.32 Å². The summed E-state index contributed by atoms with van der Waals surface area (Å²) >= 11 is 0. The third-order valence-electron chi connectivity index (χ3n) is 2.96. The Morgan fingerprint density at radius 3 is 2.68 bits per heavy atom. The molecule has 1 heterocycles. The number of aryl methyl sites for hydroxylation is 3. The third kappa shape index (κ3) is 3.13. The Bertz CT molecular complexity index is 617. The van der Waals surface area contributed by atoms with Gasteiger partial charge in [-0.25, -0.2) is 0 Å². The predicted octanol–water partition coefficient (Wildman–Crippen LogP) is 2.97. The van der Waals surface area contributed by atoms with Crippen LogP contribution in [-0.4, -0.2) is 16.1 Å². The molecule has 0 spiro atoms. The van der Waals surface area contributed by atoms with Gasteiger partial charge in [0.25, 0.3) is 6.01 Å². The van der Waals surface area contributed by atoms with Crippen LogP contribution in [0.5, 0.6) is 0 Å². The fourth-order valence-corrected chi connectivity index (χ4v) is 1.73. The smallest absolute Gasteiger partial charge is 0.311 e. The molecular formula is C14H16N2O3. The first-order valence-corrected chi connectivity index (χ1v) is 5.98. The number of anilines is 2. The Balaban J connectivity index is 2.19. The number of hydrogen-bond donors (Lipinski definition) is 2. The average molecular weight is 260 g/mol. The highest BCUT2D eigenvalue weighted by atomic mass is 16.4. The van der Waals surface area contributed by atoms with E-state index in [2.05, 4.69) is 10.3 Å². The summed E-state index contributed by atoms with van der Waals surface area (Å²) in [6.07, 6.45) is -0.159. The van der Waals surface area contributed by atoms with Crippen molar-refractivity contribution in [3.05, 3.63) is 40.8 Å². The van der Waals surface area contributed by atoms with Gasteiger partial charge in [-0.2, -0.15) is 4.98 Å². The summed E-state index contributed by atoms with van der Waals surface area (Å²) in [5.41, 5.74) is 3.83. The summed E-state index contributed by atoms with van der Waals surface area (Å²) in [5, 5.41) is 11.8. The lowest BCUT2D eigenvalue weighted by Crippen LogP contribution is -1.99. The van der Waals surface area contributed by atoms with Gasteiger partial charge < -0.3 is 14.8 Å². The molecule has 0 bridgehead atoms. The van der Waals surface area contributed by atoms with Gasteiger partial charge in [0.15, 0.2) is 0 Å². The molecule has 2 aromatic rings. The summed E-state index contributed by atoms with van der Waals surface area (Å²) in [6.45, 7) is 5.80. The van der Waals surface area contributed by atoms with E-state index in [-0.39, 0.29) is 6.42 Å². The lowest BCUT2D eigenvalue weighted by atomic mass is 10.1. The van der Waals surface area contributed by atoms with Gasteiger partial charge in [-0.3, -0.25) is 4.79 Å². The molecule has 2 N–H and O–H groups in total. The molecule has 1 aromatic heterocycles. The molecule has 5 nitrogen and oxygen atoms in total. The summed E-state index contributed by atoms with van der Waals surface area (Å²) in [7, 11) is 0. The topological polar surface area (TPSA) is 75.4 Å². The Kier molecular flexibility index (Phi) is 3.55. The van der Waals surface area contributed by atoms with Crippen LogP contribution in [0.15, 0.2) is 22.6 Å². The zero-order valence-corrected chi connectivity index (χ0v) is 11.2. The fraction of sp³-hybridized carbons (Fsp3) is 0.286. The summed E-state index contributed by atoms with van der Waals surface area (Å²) in [6, 6.07) is 6.24. The molecule has 0 radical (unpaired) electrons. The molecule has 100 valence electrons. The zero-order valence-electron chi connectivity index (χ0n) is 11.2. The minimum absolute atomic E-state index is 0.159. The van der Waals surface area contributed by atoms with Gasteiger partial charge in [-0.1, -0.05) is 6.07 Å². The van der Waals surface area contributed by atoms with E-state index in [1.54, 1.807) is 6.92 Å². The van der Waals surface area contributed by atoms with Crippen molar-refractivity contribution in [2.45, 2.75) is 27.2 Å². The Morgan fingerprint density at radius 1 is 1.32 bits per heavy atom. The van der Waals surface area contributed by atoms with Crippen molar-refractivity contribution in [3.8, 4) is 0 Å². The number of carboxylic acid groups (broad SMARTS) is 1. The number of benzene rings is 1. The van der Waals surface area contributed by atoms with Crippen LogP contribution in [0.25, 0.3) is 0 Å². The van der Waals surface area contributed by atoms with E-state index in [0.717, 1.165) is 5.69 Å². The average Bonchev–Trinajstić information content (AvgIpc) is 2.64. The van der Waals surface area contributed by atoms with E-state index < -0.39 is 5.97 Å². The van der Waals surface area contributed by atoms with E-state index in [9.17, 15) is 4.79 Å². The molecule has 0 aliphatic rings. The van der Waals surface area contributed by atoms with Crippen molar-refractivity contribution in [1.82, 2.24) is 4.98 Å². The minimum atomic E-state index is -0.933. The van der Waals surface area contributed by atoms with Gasteiger partial charge in [0.05, 0.1) is 5.69 Å². The summed E-state index contributed by atoms with van der Waals surface area (Å²) in [5.74, 6) is -0.559. The largest absolute Gasteiger partial charge is 0.481 e. The maximum absolute atomic E-state index is 10.7. The maximum atomic E-state index is 10.7. The van der Waals surface area contributed by atoms with Crippen molar-refractivity contribution >= 4 is 17.7 Å². The molecule has 2 rings (SSSR count). The van der Waals surface area contributed by atoms with Crippen LogP contribution in [0, 0.1) is 20.8 Å². The zero-order chi connectivity index (χ0) is 14.0. The first kappa shape index (κ1) is 13.1. The second kappa shape index (κ2) is 5.14. The highest BCUT2D eigenvalue weighted by Crippen LogP contribution is 2.21. The Morgan fingerprint density at radius 2 is 2.05 bits per heavy atom. The number of aromatic nitrogens is 1. The molecule has 0 atom stereocenters. The minimum Gasteiger partial charge on any atom is -0.481 e. The molecule has 0 aliphatic carbocycles. The van der Waals surface area contributed by atoms with Crippen molar-refractivity contribution in [1.29, 1.82) is 0 Å². The number of carboxylic acids is 1. The summed E-state index contributed by atoms with van der Waals surface area (Å²) < 4.78 is 5.40. The quantitative estimate of drug-likeness (QED) is 0.883. The van der Waals surface area contributed by atoms with Crippen molar-refractivity contribution in [3.63, 3.8) is 0 Å². The van der Waals surface area contributed by atoms with Crippen molar-refractivity contribution in [2.24, 2.45) is 0 Å². The molecule has 1 aromatic carbocycles. The van der Waals surface area contributed by atoms with Crippen LogP contribution in [-0.2, 0) is 11.2 Å². The molecule has 0 amide bonds. The third-order valence-corrected chi connectivity index (χ3v) is 2.96. The van der Waals surface area contributed by atoms with Gasteiger partial charge in [0.1, 0.15) is 12.2 Å². The van der Waals surface area contributed by atoms with E-state index in [1.165, 1.54) is 11.1 Å². The SMILES string of the molecule is Cc1ccc(Nc2nc(C)c(CC(=O)O)o2)cc1C. The highest BCUT2D eigenvalue weighted by Gasteiger charge is 2.13. The Hall–Kier alpha value is -2.30. The molecule has 19 heavy (non-hydrogen) atoms. The standard InChI is InChI=1S/C14H16N2O3/c1-8-4-5-11(6-9(8)2)16-14-15-10(3)12(19-14)7-13(17)18/h4-6H,7H2,1-3H3,(H,15,16)(H,17,18). The van der Waals surface area contributed by atoms with E-state index >= 15 is 0 Å². The fourth-order valence-electron chi connectivity index (χ4n) is 1.73. The molecule has 5 heteroatoms. The Labute approximate surface area is 111 Å². The molecule has 0 saturated heterocycles. The van der Waals surface area contributed by atoms with Gasteiger partial charge >= 0.3 is 5.97 Å². The number of carbonyl (C=O) groups is 1.